The van der Waals surface area contributed by atoms with Crippen molar-refractivity contribution in [2.24, 2.45) is 0 Å². The Morgan fingerprint density at radius 3 is 2.50 bits per heavy atom. The first-order valence-electron chi connectivity index (χ1n) is 6.65. The van der Waals surface area contributed by atoms with Crippen molar-refractivity contribution >= 4 is 10.0 Å². The normalized spacial score (nSPS) is 11.8. The lowest BCUT2D eigenvalue weighted by Crippen LogP contribution is -2.28. The molecule has 0 aromatic heterocycles. The molecule has 1 aromatic carbocycles. The van der Waals surface area contributed by atoms with Crippen molar-refractivity contribution in [3.63, 3.8) is 0 Å². The molecule has 0 spiro atoms. The fourth-order valence-corrected chi connectivity index (χ4v) is 3.23. The van der Waals surface area contributed by atoms with Crippen molar-refractivity contribution in [3.05, 3.63) is 23.8 Å². The fraction of sp³-hybridized carbons (Fsp3) is 0.571. The van der Waals surface area contributed by atoms with Crippen LogP contribution in [0.1, 0.15) is 24.8 Å². The largest absolute Gasteiger partial charge is 0.496 e. The van der Waals surface area contributed by atoms with Gasteiger partial charge in [-0.05, 0) is 49.9 Å². The minimum atomic E-state index is -3.46. The summed E-state index contributed by atoms with van der Waals surface area (Å²) in [7, 11) is -0.322. The molecule has 0 heterocycles. The molecular weight excluding hydrogens is 278 g/mol. The Kier molecular flexibility index (Phi) is 6.45. The van der Waals surface area contributed by atoms with Gasteiger partial charge in [0.2, 0.25) is 10.0 Å². The van der Waals surface area contributed by atoms with E-state index < -0.39 is 10.0 Å². The maximum atomic E-state index is 12.4. The van der Waals surface area contributed by atoms with Crippen LogP contribution in [0.4, 0.5) is 0 Å². The van der Waals surface area contributed by atoms with Crippen molar-refractivity contribution in [3.8, 4) is 5.75 Å². The molecule has 1 N–H and O–H groups in total. The average molecular weight is 301 g/mol. The molecule has 114 valence electrons. The van der Waals surface area contributed by atoms with Gasteiger partial charge in [-0.1, -0.05) is 0 Å². The number of benzene rings is 1. The first kappa shape index (κ1) is 16.9. The van der Waals surface area contributed by atoms with Crippen molar-refractivity contribution < 1.29 is 18.3 Å². The molecule has 0 unspecified atom stereocenters. The van der Waals surface area contributed by atoms with Crippen LogP contribution >= 0.6 is 0 Å². The highest BCUT2D eigenvalue weighted by Gasteiger charge is 2.20. The molecule has 5 nitrogen and oxygen atoms in total. The number of ether oxygens (including phenoxy) is 1. The summed E-state index contributed by atoms with van der Waals surface area (Å²) in [4.78, 5) is 0.278. The highest BCUT2D eigenvalue weighted by atomic mass is 32.2. The van der Waals surface area contributed by atoms with Crippen LogP contribution in [0.15, 0.2) is 23.1 Å². The van der Waals surface area contributed by atoms with Gasteiger partial charge in [0.05, 0.1) is 12.0 Å². The van der Waals surface area contributed by atoms with Crippen LogP contribution in [0.2, 0.25) is 0 Å². The third kappa shape index (κ3) is 4.19. The van der Waals surface area contributed by atoms with Crippen molar-refractivity contribution in [1.29, 1.82) is 0 Å². The van der Waals surface area contributed by atoms with Gasteiger partial charge in [-0.3, -0.25) is 0 Å². The van der Waals surface area contributed by atoms with E-state index in [1.807, 2.05) is 6.92 Å². The van der Waals surface area contributed by atoms with E-state index in [2.05, 4.69) is 0 Å². The molecular formula is C14H23NO4S. The number of aryl methyl sites for hydroxylation is 1. The Balaban J connectivity index is 2.79. The minimum Gasteiger partial charge on any atom is -0.496 e. The molecule has 0 bridgehead atoms. The molecule has 0 atom stereocenters. The van der Waals surface area contributed by atoms with E-state index in [1.165, 1.54) is 4.31 Å². The predicted octanol–water partition coefficient (Wildman–Crippen LogP) is 1.79. The summed E-state index contributed by atoms with van der Waals surface area (Å²) in [5.74, 6) is 0.676. The van der Waals surface area contributed by atoms with Crippen LogP contribution in [-0.2, 0) is 10.0 Å². The zero-order valence-electron chi connectivity index (χ0n) is 12.3. The van der Waals surface area contributed by atoms with Crippen LogP contribution in [-0.4, -0.2) is 45.1 Å². The number of hydrogen-bond acceptors (Lipinski definition) is 4. The van der Waals surface area contributed by atoms with Crippen LogP contribution in [0.3, 0.4) is 0 Å². The van der Waals surface area contributed by atoms with Gasteiger partial charge in [-0.25, -0.2) is 12.7 Å². The Morgan fingerprint density at radius 2 is 1.95 bits per heavy atom. The van der Waals surface area contributed by atoms with Crippen LogP contribution in [0.25, 0.3) is 0 Å². The molecule has 0 saturated carbocycles. The highest BCUT2D eigenvalue weighted by Crippen LogP contribution is 2.23. The third-order valence-corrected chi connectivity index (χ3v) is 5.06. The van der Waals surface area contributed by atoms with Gasteiger partial charge in [-0.2, -0.15) is 0 Å². The molecule has 1 aromatic rings. The van der Waals surface area contributed by atoms with E-state index >= 15 is 0 Å². The number of aliphatic hydroxyl groups excluding tert-OH is 1. The van der Waals surface area contributed by atoms with Gasteiger partial charge < -0.3 is 9.84 Å². The topological polar surface area (TPSA) is 66.8 Å². The Bertz CT molecular complexity index is 528. The number of hydrogen-bond donors (Lipinski definition) is 1. The molecule has 6 heteroatoms. The molecule has 0 aliphatic heterocycles. The average Bonchev–Trinajstić information content (AvgIpc) is 2.43. The summed E-state index contributed by atoms with van der Waals surface area (Å²) < 4.78 is 31.3. The summed E-state index contributed by atoms with van der Waals surface area (Å²) in [6, 6.07) is 4.85. The minimum absolute atomic E-state index is 0.147. The number of sulfonamides is 1. The molecule has 0 aliphatic rings. The number of nitrogens with zero attached hydrogens (tertiary/aromatic N) is 1. The predicted molar refractivity (Wildman–Crippen MR) is 78.5 cm³/mol. The number of unbranched alkanes of at least 4 members (excludes halogenated alkanes) is 2. The van der Waals surface area contributed by atoms with E-state index in [9.17, 15) is 8.42 Å². The Labute approximate surface area is 121 Å². The number of aliphatic hydroxyl groups is 1. The first-order chi connectivity index (χ1) is 9.43. The van der Waals surface area contributed by atoms with Crippen LogP contribution in [0.5, 0.6) is 5.75 Å². The lowest BCUT2D eigenvalue weighted by molar-refractivity contribution is 0.281. The molecule has 0 aliphatic carbocycles. The number of rotatable bonds is 8. The van der Waals surface area contributed by atoms with E-state index in [4.69, 9.17) is 9.84 Å². The van der Waals surface area contributed by atoms with Crippen molar-refractivity contribution in [2.45, 2.75) is 31.1 Å². The Morgan fingerprint density at radius 1 is 1.25 bits per heavy atom. The van der Waals surface area contributed by atoms with Crippen molar-refractivity contribution in [2.75, 3.05) is 27.3 Å². The molecule has 20 heavy (non-hydrogen) atoms. The molecule has 0 fully saturated rings. The Hall–Kier alpha value is -1.11. The monoisotopic (exact) mass is 301 g/mol. The van der Waals surface area contributed by atoms with Crippen LogP contribution in [0, 0.1) is 6.92 Å². The van der Waals surface area contributed by atoms with Gasteiger partial charge in [0.1, 0.15) is 5.75 Å². The van der Waals surface area contributed by atoms with E-state index in [0.29, 0.717) is 18.7 Å². The summed E-state index contributed by atoms with van der Waals surface area (Å²) >= 11 is 0. The zero-order chi connectivity index (χ0) is 15.2. The van der Waals surface area contributed by atoms with Gasteiger partial charge in [0, 0.05) is 20.2 Å². The second kappa shape index (κ2) is 7.61. The maximum Gasteiger partial charge on any atom is 0.242 e. The van der Waals surface area contributed by atoms with Crippen molar-refractivity contribution in [1.82, 2.24) is 4.31 Å². The summed E-state index contributed by atoms with van der Waals surface area (Å²) in [6.07, 6.45) is 2.26. The quantitative estimate of drug-likeness (QED) is 0.743. The fourth-order valence-electron chi connectivity index (χ4n) is 1.93. The third-order valence-electron chi connectivity index (χ3n) is 3.21. The summed E-state index contributed by atoms with van der Waals surface area (Å²) in [5, 5.41) is 8.71. The molecule has 0 amide bonds. The first-order valence-corrected chi connectivity index (χ1v) is 8.09. The highest BCUT2D eigenvalue weighted by molar-refractivity contribution is 7.89. The molecule has 1 rings (SSSR count). The molecule has 0 saturated heterocycles. The van der Waals surface area contributed by atoms with E-state index in [-0.39, 0.29) is 11.5 Å². The van der Waals surface area contributed by atoms with E-state index in [0.717, 1.165) is 18.4 Å². The second-order valence-corrected chi connectivity index (χ2v) is 6.79. The maximum absolute atomic E-state index is 12.4. The lowest BCUT2D eigenvalue weighted by Gasteiger charge is -2.18. The smallest absolute Gasteiger partial charge is 0.242 e. The SMILES string of the molecule is COc1ccc(S(=O)(=O)N(C)CCCCCO)cc1C. The summed E-state index contributed by atoms with van der Waals surface area (Å²) in [6.45, 7) is 2.42. The van der Waals surface area contributed by atoms with Gasteiger partial charge >= 0.3 is 0 Å². The molecule has 0 radical (unpaired) electrons. The van der Waals surface area contributed by atoms with E-state index in [1.54, 1.807) is 32.4 Å². The van der Waals surface area contributed by atoms with Crippen LogP contribution < -0.4 is 4.74 Å². The second-order valence-electron chi connectivity index (χ2n) is 4.74. The van der Waals surface area contributed by atoms with Gasteiger partial charge in [-0.15, -0.1) is 0 Å². The summed E-state index contributed by atoms with van der Waals surface area (Å²) in [5.41, 5.74) is 0.794. The van der Waals surface area contributed by atoms with Gasteiger partial charge in [0.15, 0.2) is 0 Å². The standard InChI is InChI=1S/C14H23NO4S/c1-12-11-13(7-8-14(12)19-3)20(17,18)15(2)9-5-4-6-10-16/h7-8,11,16H,4-6,9-10H2,1-3H3. The number of methoxy groups -OCH3 is 1. The van der Waals surface area contributed by atoms with Gasteiger partial charge in [0.25, 0.3) is 0 Å². The lowest BCUT2D eigenvalue weighted by atomic mass is 10.2. The zero-order valence-corrected chi connectivity index (χ0v) is 13.1.